The Hall–Kier alpha value is -0.570. The Labute approximate surface area is 73.2 Å². The number of hydrogen-bond donors (Lipinski definition) is 1. The fourth-order valence-electron chi connectivity index (χ4n) is 1.72. The van der Waals surface area contributed by atoms with Gasteiger partial charge in [-0.1, -0.05) is 13.8 Å². The molecule has 0 aromatic rings. The number of rotatable bonds is 1. The number of ether oxygens (including phenoxy) is 1. The van der Waals surface area contributed by atoms with Gasteiger partial charge in [-0.05, 0) is 13.0 Å². The first-order chi connectivity index (χ1) is 5.77. The van der Waals surface area contributed by atoms with Crippen LogP contribution in [0.1, 0.15) is 20.3 Å². The Balaban J connectivity index is 2.04. The largest absolute Gasteiger partial charge is 0.474 e. The minimum absolute atomic E-state index is 0.316. The van der Waals surface area contributed by atoms with Gasteiger partial charge in [-0.2, -0.15) is 0 Å². The van der Waals surface area contributed by atoms with Crippen LogP contribution in [-0.2, 0) is 4.74 Å². The van der Waals surface area contributed by atoms with Crippen molar-refractivity contribution in [1.82, 2.24) is 5.32 Å². The second-order valence-corrected chi connectivity index (χ2v) is 3.84. The fourth-order valence-corrected chi connectivity index (χ4v) is 1.72. The van der Waals surface area contributed by atoms with Gasteiger partial charge >= 0.3 is 0 Å². The van der Waals surface area contributed by atoms with E-state index in [0.29, 0.717) is 18.1 Å². The third-order valence-corrected chi connectivity index (χ3v) is 2.45. The molecular weight excluding hydrogens is 152 g/mol. The normalized spacial score (nSPS) is 34.4. The quantitative estimate of drug-likeness (QED) is 0.628. The van der Waals surface area contributed by atoms with Crippen LogP contribution >= 0.6 is 0 Å². The van der Waals surface area contributed by atoms with Crippen LogP contribution in [0.5, 0.6) is 0 Å². The van der Waals surface area contributed by atoms with Gasteiger partial charge in [-0.3, -0.25) is 0 Å². The van der Waals surface area contributed by atoms with Crippen LogP contribution in [0.4, 0.5) is 0 Å². The molecule has 1 N–H and O–H groups in total. The van der Waals surface area contributed by atoms with Crippen molar-refractivity contribution < 1.29 is 4.74 Å². The lowest BCUT2D eigenvalue weighted by Crippen LogP contribution is -2.42. The molecule has 0 saturated carbocycles. The van der Waals surface area contributed by atoms with Crippen LogP contribution in [0, 0.1) is 5.92 Å². The highest BCUT2D eigenvalue weighted by Crippen LogP contribution is 2.21. The molecule has 3 heteroatoms. The van der Waals surface area contributed by atoms with Gasteiger partial charge in [0.1, 0.15) is 6.10 Å². The van der Waals surface area contributed by atoms with E-state index < -0.39 is 0 Å². The van der Waals surface area contributed by atoms with E-state index in [0.717, 1.165) is 25.4 Å². The molecule has 0 aliphatic carbocycles. The van der Waals surface area contributed by atoms with Gasteiger partial charge in [0.05, 0.1) is 6.04 Å². The number of fused-ring (bicyclic) bond motifs is 1. The maximum atomic E-state index is 5.71. The van der Waals surface area contributed by atoms with Gasteiger partial charge in [0.25, 0.3) is 0 Å². The van der Waals surface area contributed by atoms with Crippen molar-refractivity contribution in [1.29, 1.82) is 0 Å². The predicted octanol–water partition coefficient (Wildman–Crippen LogP) is 0.802. The summed E-state index contributed by atoms with van der Waals surface area (Å²) in [6, 6.07) is 0.434. The van der Waals surface area contributed by atoms with E-state index in [9.17, 15) is 0 Å². The van der Waals surface area contributed by atoms with Crippen molar-refractivity contribution in [3.63, 3.8) is 0 Å². The molecule has 12 heavy (non-hydrogen) atoms. The van der Waals surface area contributed by atoms with Crippen LogP contribution in [0.2, 0.25) is 0 Å². The van der Waals surface area contributed by atoms with Crippen LogP contribution < -0.4 is 5.32 Å². The molecule has 0 aromatic carbocycles. The van der Waals surface area contributed by atoms with E-state index in [4.69, 9.17) is 4.74 Å². The Kier molecular flexibility index (Phi) is 2.05. The summed E-state index contributed by atoms with van der Waals surface area (Å²) in [5.74, 6) is 1.39. The summed E-state index contributed by atoms with van der Waals surface area (Å²) < 4.78 is 5.71. The summed E-state index contributed by atoms with van der Waals surface area (Å²) in [4.78, 5) is 4.56. The maximum Gasteiger partial charge on any atom is 0.186 e. The number of nitrogens with zero attached hydrogens (tertiary/aromatic N) is 1. The molecule has 68 valence electrons. The van der Waals surface area contributed by atoms with Gasteiger partial charge in [0.2, 0.25) is 0 Å². The Bertz CT molecular complexity index is 201. The zero-order valence-corrected chi connectivity index (χ0v) is 7.71. The van der Waals surface area contributed by atoms with E-state index in [2.05, 4.69) is 24.2 Å². The third-order valence-electron chi connectivity index (χ3n) is 2.45. The monoisotopic (exact) mass is 168 g/mol. The summed E-state index contributed by atoms with van der Waals surface area (Å²) in [6.45, 7) is 6.30. The fraction of sp³-hybridized carbons (Fsp3) is 0.889. The van der Waals surface area contributed by atoms with Crippen LogP contribution in [0.25, 0.3) is 0 Å². The van der Waals surface area contributed by atoms with Crippen molar-refractivity contribution in [2.75, 3.05) is 13.1 Å². The molecule has 2 atom stereocenters. The lowest BCUT2D eigenvalue weighted by molar-refractivity contribution is 0.158. The molecule has 2 heterocycles. The number of nitrogens with one attached hydrogen (secondary N) is 1. The molecule has 1 saturated heterocycles. The highest BCUT2D eigenvalue weighted by molar-refractivity contribution is 5.80. The van der Waals surface area contributed by atoms with Gasteiger partial charge in [-0.15, -0.1) is 0 Å². The summed E-state index contributed by atoms with van der Waals surface area (Å²) >= 11 is 0. The molecule has 0 bridgehead atoms. The second kappa shape index (κ2) is 3.05. The van der Waals surface area contributed by atoms with Crippen LogP contribution in [-0.4, -0.2) is 31.1 Å². The first kappa shape index (κ1) is 8.05. The summed E-state index contributed by atoms with van der Waals surface area (Å²) in [6.07, 6.45) is 1.44. The van der Waals surface area contributed by atoms with Crippen molar-refractivity contribution in [2.24, 2.45) is 10.9 Å². The second-order valence-electron chi connectivity index (χ2n) is 3.84. The molecule has 1 fully saturated rings. The summed E-state index contributed by atoms with van der Waals surface area (Å²) in [5, 5.41) is 3.32. The smallest absolute Gasteiger partial charge is 0.186 e. The number of piperidine rings is 1. The first-order valence-electron chi connectivity index (χ1n) is 4.72. The van der Waals surface area contributed by atoms with Crippen molar-refractivity contribution in [3.8, 4) is 0 Å². The van der Waals surface area contributed by atoms with Crippen molar-refractivity contribution in [3.05, 3.63) is 0 Å². The maximum absolute atomic E-state index is 5.71. The van der Waals surface area contributed by atoms with Gasteiger partial charge in [-0.25, -0.2) is 4.99 Å². The number of aliphatic imine (C=N–C) groups is 1. The SMILES string of the molecule is CC(C)C1=NC2CCNCC2O1. The number of hydrogen-bond acceptors (Lipinski definition) is 3. The molecule has 0 aromatic heterocycles. The van der Waals surface area contributed by atoms with Crippen molar-refractivity contribution in [2.45, 2.75) is 32.4 Å². The predicted molar refractivity (Wildman–Crippen MR) is 48.4 cm³/mol. The minimum atomic E-state index is 0.316. The Morgan fingerprint density at radius 3 is 3.08 bits per heavy atom. The topological polar surface area (TPSA) is 33.6 Å². The summed E-state index contributed by atoms with van der Waals surface area (Å²) in [5.41, 5.74) is 0. The lowest BCUT2D eigenvalue weighted by atomic mass is 10.1. The van der Waals surface area contributed by atoms with Crippen LogP contribution in [0.3, 0.4) is 0 Å². The zero-order valence-electron chi connectivity index (χ0n) is 7.71. The minimum Gasteiger partial charge on any atom is -0.474 e. The zero-order chi connectivity index (χ0) is 8.55. The molecule has 0 amide bonds. The van der Waals surface area contributed by atoms with E-state index in [1.807, 2.05) is 0 Å². The Morgan fingerprint density at radius 1 is 1.58 bits per heavy atom. The van der Waals surface area contributed by atoms with Crippen LogP contribution in [0.15, 0.2) is 4.99 Å². The molecule has 0 spiro atoms. The summed E-state index contributed by atoms with van der Waals surface area (Å²) in [7, 11) is 0. The molecule has 3 nitrogen and oxygen atoms in total. The molecule has 2 unspecified atom stereocenters. The average molecular weight is 168 g/mol. The van der Waals surface area contributed by atoms with Crippen molar-refractivity contribution >= 4 is 5.90 Å². The molecular formula is C9H16N2O. The standard InChI is InChI=1S/C9H16N2O/c1-6(2)9-11-7-3-4-10-5-8(7)12-9/h6-8,10H,3-5H2,1-2H3. The third kappa shape index (κ3) is 1.33. The molecule has 2 aliphatic rings. The van der Waals surface area contributed by atoms with Gasteiger partial charge in [0, 0.05) is 12.5 Å². The van der Waals surface area contributed by atoms with E-state index in [1.165, 1.54) is 0 Å². The average Bonchev–Trinajstić information content (AvgIpc) is 2.46. The Morgan fingerprint density at radius 2 is 2.42 bits per heavy atom. The van der Waals surface area contributed by atoms with E-state index >= 15 is 0 Å². The van der Waals surface area contributed by atoms with Gasteiger partial charge < -0.3 is 10.1 Å². The van der Waals surface area contributed by atoms with Gasteiger partial charge in [0.15, 0.2) is 5.90 Å². The molecule has 0 radical (unpaired) electrons. The van der Waals surface area contributed by atoms with E-state index in [1.54, 1.807) is 0 Å². The highest BCUT2D eigenvalue weighted by Gasteiger charge is 2.33. The van der Waals surface area contributed by atoms with E-state index in [-0.39, 0.29) is 0 Å². The highest BCUT2D eigenvalue weighted by atomic mass is 16.5. The molecule has 2 rings (SSSR count). The first-order valence-corrected chi connectivity index (χ1v) is 4.72. The lowest BCUT2D eigenvalue weighted by Gasteiger charge is -2.23. The molecule has 2 aliphatic heterocycles.